The molecule has 0 spiro atoms. The smallest absolute Gasteiger partial charge is 0.330 e. The van der Waals surface area contributed by atoms with E-state index in [9.17, 15) is 9.59 Å². The second-order valence-electron chi connectivity index (χ2n) is 2.09. The van der Waals surface area contributed by atoms with Crippen molar-refractivity contribution in [2.75, 3.05) is 6.54 Å². The fraction of sp³-hybridized carbons (Fsp3) is 0.400. The summed E-state index contributed by atoms with van der Waals surface area (Å²) in [5, 5.41) is 13.1. The van der Waals surface area contributed by atoms with Crippen LogP contribution < -0.4 is 5.32 Å². The minimum atomic E-state index is -0.551. The molecule has 0 bridgehead atoms. The summed E-state index contributed by atoms with van der Waals surface area (Å²) < 4.78 is 0. The molecule has 0 atom stereocenters. The highest BCUT2D eigenvalue weighted by Crippen LogP contribution is 1.98. The topological polar surface area (TPSA) is 82.0 Å². The van der Waals surface area contributed by atoms with Gasteiger partial charge in [-0.05, 0) is 6.92 Å². The normalized spacial score (nSPS) is 19.0. The van der Waals surface area contributed by atoms with E-state index in [0.717, 1.165) is 4.90 Å². The molecule has 1 heterocycles. The second kappa shape index (κ2) is 2.57. The Labute approximate surface area is 62.5 Å². The van der Waals surface area contributed by atoms with Crippen LogP contribution in [0.15, 0.2) is 5.16 Å². The quantitative estimate of drug-likeness (QED) is 0.161. The Hall–Kier alpha value is -1.59. The number of nitrogens with zero attached hydrogens (tertiary/aromatic N) is 2. The fourth-order valence-electron chi connectivity index (χ4n) is 0.757. The predicted molar refractivity (Wildman–Crippen MR) is 35.1 cm³/mol. The molecule has 0 unspecified atom stereocenters. The first-order valence-corrected chi connectivity index (χ1v) is 2.95. The van der Waals surface area contributed by atoms with Gasteiger partial charge in [0.1, 0.15) is 12.4 Å². The average molecular weight is 157 g/mol. The van der Waals surface area contributed by atoms with Crippen molar-refractivity contribution in [2.45, 2.75) is 6.92 Å². The van der Waals surface area contributed by atoms with Gasteiger partial charge in [0.15, 0.2) is 0 Å². The molecule has 1 fully saturated rings. The SMILES string of the molecule is CC(=NO)N1CC(=O)NC1=O. The van der Waals surface area contributed by atoms with Crippen molar-refractivity contribution < 1.29 is 14.8 Å². The highest BCUT2D eigenvalue weighted by molar-refractivity contribution is 6.10. The number of hydrogen-bond acceptors (Lipinski definition) is 4. The number of carbonyl (C=O) groups is 2. The summed E-state index contributed by atoms with van der Waals surface area (Å²) in [5.74, 6) is -0.286. The summed E-state index contributed by atoms with van der Waals surface area (Å²) >= 11 is 0. The van der Waals surface area contributed by atoms with Crippen molar-refractivity contribution in [1.82, 2.24) is 10.2 Å². The van der Waals surface area contributed by atoms with Crippen LogP contribution in [0.2, 0.25) is 0 Å². The minimum Gasteiger partial charge on any atom is -0.409 e. The van der Waals surface area contributed by atoms with Crippen molar-refractivity contribution >= 4 is 17.8 Å². The van der Waals surface area contributed by atoms with Gasteiger partial charge in [-0.3, -0.25) is 15.0 Å². The lowest BCUT2D eigenvalue weighted by Gasteiger charge is -2.08. The molecule has 3 amide bonds. The Balaban J connectivity index is 2.75. The summed E-state index contributed by atoms with van der Waals surface area (Å²) in [7, 11) is 0. The molecule has 11 heavy (non-hydrogen) atoms. The van der Waals surface area contributed by atoms with Crippen LogP contribution in [0.3, 0.4) is 0 Å². The number of rotatable bonds is 0. The van der Waals surface area contributed by atoms with Gasteiger partial charge in [-0.25, -0.2) is 4.79 Å². The van der Waals surface area contributed by atoms with Crippen LogP contribution in [0.5, 0.6) is 0 Å². The molecule has 0 aliphatic carbocycles. The number of nitrogens with one attached hydrogen (secondary N) is 1. The van der Waals surface area contributed by atoms with Gasteiger partial charge in [0.25, 0.3) is 0 Å². The van der Waals surface area contributed by atoms with Crippen LogP contribution in [0.25, 0.3) is 0 Å². The van der Waals surface area contributed by atoms with E-state index in [2.05, 4.69) is 5.16 Å². The highest BCUT2D eigenvalue weighted by atomic mass is 16.4. The van der Waals surface area contributed by atoms with Crippen LogP contribution >= 0.6 is 0 Å². The standard InChI is InChI=1S/C5H7N3O3/c1-3(7-11)8-2-4(9)6-5(8)10/h11H,2H2,1H3,(H,6,9,10). The molecule has 0 aromatic heterocycles. The zero-order chi connectivity index (χ0) is 8.43. The molecular weight excluding hydrogens is 150 g/mol. The van der Waals surface area contributed by atoms with Crippen molar-refractivity contribution in [3.8, 4) is 0 Å². The van der Waals surface area contributed by atoms with Gasteiger partial charge < -0.3 is 5.21 Å². The third kappa shape index (κ3) is 1.28. The van der Waals surface area contributed by atoms with Crippen molar-refractivity contribution in [1.29, 1.82) is 0 Å². The van der Waals surface area contributed by atoms with Gasteiger partial charge in [0.05, 0.1) is 0 Å². The molecule has 2 N–H and O–H groups in total. The van der Waals surface area contributed by atoms with Gasteiger partial charge in [-0.2, -0.15) is 0 Å². The van der Waals surface area contributed by atoms with E-state index in [4.69, 9.17) is 5.21 Å². The molecule has 6 nitrogen and oxygen atoms in total. The molecule has 6 heteroatoms. The minimum absolute atomic E-state index is 0.0747. The molecule has 60 valence electrons. The largest absolute Gasteiger partial charge is 0.409 e. The van der Waals surface area contributed by atoms with Crippen LogP contribution in [-0.2, 0) is 4.79 Å². The van der Waals surface area contributed by atoms with Crippen molar-refractivity contribution in [3.63, 3.8) is 0 Å². The lowest BCUT2D eigenvalue weighted by atomic mass is 10.5. The van der Waals surface area contributed by atoms with Crippen LogP contribution in [0.1, 0.15) is 6.92 Å². The van der Waals surface area contributed by atoms with Crippen LogP contribution in [0, 0.1) is 0 Å². The molecule has 0 aromatic rings. The molecular formula is C5H7N3O3. The monoisotopic (exact) mass is 157 g/mol. The van der Waals surface area contributed by atoms with Gasteiger partial charge in [0.2, 0.25) is 5.91 Å². The molecule has 1 saturated heterocycles. The lowest BCUT2D eigenvalue weighted by Crippen LogP contribution is -2.32. The molecule has 0 radical (unpaired) electrons. The maximum atomic E-state index is 10.8. The first-order valence-electron chi connectivity index (χ1n) is 2.95. The Morgan fingerprint density at radius 3 is 2.73 bits per heavy atom. The number of hydrogen-bond donors (Lipinski definition) is 2. The molecule has 1 aliphatic heterocycles. The number of imide groups is 1. The van der Waals surface area contributed by atoms with E-state index >= 15 is 0 Å². The Bertz CT molecular complexity index is 235. The number of carbonyl (C=O) groups excluding carboxylic acids is 2. The van der Waals surface area contributed by atoms with Gasteiger partial charge >= 0.3 is 6.03 Å². The number of amidine groups is 1. The third-order valence-electron chi connectivity index (χ3n) is 1.33. The van der Waals surface area contributed by atoms with Gasteiger partial charge in [0, 0.05) is 0 Å². The lowest BCUT2D eigenvalue weighted by molar-refractivity contribution is -0.118. The van der Waals surface area contributed by atoms with Crippen molar-refractivity contribution in [2.24, 2.45) is 5.16 Å². The van der Waals surface area contributed by atoms with E-state index in [1.807, 2.05) is 5.32 Å². The highest BCUT2D eigenvalue weighted by Gasteiger charge is 2.28. The first-order chi connectivity index (χ1) is 5.15. The number of oxime groups is 1. The fourth-order valence-corrected chi connectivity index (χ4v) is 0.757. The summed E-state index contributed by atoms with van der Waals surface area (Å²) in [5.41, 5.74) is 0. The van der Waals surface area contributed by atoms with E-state index in [1.165, 1.54) is 6.92 Å². The third-order valence-corrected chi connectivity index (χ3v) is 1.33. The van der Waals surface area contributed by atoms with E-state index in [-0.39, 0.29) is 12.4 Å². The van der Waals surface area contributed by atoms with Crippen LogP contribution in [-0.4, -0.2) is 34.4 Å². The Kier molecular flexibility index (Phi) is 1.75. The number of urea groups is 1. The second-order valence-corrected chi connectivity index (χ2v) is 2.09. The predicted octanol–water partition coefficient (Wildman–Crippen LogP) is -0.654. The van der Waals surface area contributed by atoms with Crippen LogP contribution in [0.4, 0.5) is 4.79 Å². The molecule has 1 aliphatic rings. The summed E-state index contributed by atoms with van der Waals surface area (Å²) in [6.07, 6.45) is 0. The summed E-state index contributed by atoms with van der Waals surface area (Å²) in [4.78, 5) is 22.4. The zero-order valence-electron chi connectivity index (χ0n) is 5.87. The Morgan fingerprint density at radius 1 is 1.73 bits per heavy atom. The number of amides is 3. The molecule has 0 saturated carbocycles. The van der Waals surface area contributed by atoms with E-state index in [0.29, 0.717) is 0 Å². The summed E-state index contributed by atoms with van der Waals surface area (Å²) in [6, 6.07) is -0.551. The van der Waals surface area contributed by atoms with Crippen molar-refractivity contribution in [3.05, 3.63) is 0 Å². The average Bonchev–Trinajstić information content (AvgIpc) is 2.28. The maximum Gasteiger partial charge on any atom is 0.330 e. The maximum absolute atomic E-state index is 10.8. The van der Waals surface area contributed by atoms with E-state index in [1.54, 1.807) is 0 Å². The molecule has 1 rings (SSSR count). The Morgan fingerprint density at radius 2 is 2.36 bits per heavy atom. The molecule has 0 aromatic carbocycles. The van der Waals surface area contributed by atoms with Gasteiger partial charge in [-0.15, -0.1) is 0 Å². The van der Waals surface area contributed by atoms with E-state index < -0.39 is 11.9 Å². The zero-order valence-corrected chi connectivity index (χ0v) is 5.87. The summed E-state index contributed by atoms with van der Waals surface area (Å²) in [6.45, 7) is 1.35. The van der Waals surface area contributed by atoms with Gasteiger partial charge in [-0.1, -0.05) is 5.16 Å². The first kappa shape index (κ1) is 7.52.